The predicted octanol–water partition coefficient (Wildman–Crippen LogP) is 4.88. The second-order valence-electron chi connectivity index (χ2n) is 9.25. The van der Waals surface area contributed by atoms with Gasteiger partial charge in [-0.25, -0.2) is 4.79 Å². The summed E-state index contributed by atoms with van der Waals surface area (Å²) in [6, 6.07) is 23.5. The molecule has 1 aliphatic rings. The second kappa shape index (κ2) is 8.55. The highest BCUT2D eigenvalue weighted by molar-refractivity contribution is 5.99. The molecule has 1 atom stereocenters. The Kier molecular flexibility index (Phi) is 5.30. The molecule has 0 spiro atoms. The molecule has 0 unspecified atom stereocenters. The van der Waals surface area contributed by atoms with Crippen molar-refractivity contribution in [3.05, 3.63) is 110 Å². The van der Waals surface area contributed by atoms with Gasteiger partial charge in [-0.05, 0) is 37.6 Å². The van der Waals surface area contributed by atoms with Crippen LogP contribution in [0.1, 0.15) is 29.8 Å². The minimum atomic E-state index is -0.615. The average molecular weight is 494 g/mol. The molecule has 0 aliphatic carbocycles. The van der Waals surface area contributed by atoms with E-state index in [9.17, 15) is 9.59 Å². The fourth-order valence-corrected chi connectivity index (χ4v) is 5.40. The van der Waals surface area contributed by atoms with Crippen molar-refractivity contribution in [2.24, 2.45) is 14.1 Å². The molecule has 0 bridgehead atoms. The third-order valence-corrected chi connectivity index (χ3v) is 7.11. The molecule has 6 rings (SSSR count). The van der Waals surface area contributed by atoms with Crippen molar-refractivity contribution in [2.45, 2.75) is 20.0 Å². The number of hydrogen-bond acceptors (Lipinski definition) is 4. The van der Waals surface area contributed by atoms with Gasteiger partial charge in [0.25, 0.3) is 5.56 Å². The fourth-order valence-electron chi connectivity index (χ4n) is 5.40. The van der Waals surface area contributed by atoms with Crippen LogP contribution in [0.25, 0.3) is 27.8 Å². The molecule has 2 aromatic heterocycles. The number of para-hydroxylation sites is 3. The lowest BCUT2D eigenvalue weighted by molar-refractivity contribution is 0.220. The van der Waals surface area contributed by atoms with Crippen LogP contribution in [0.2, 0.25) is 0 Å². The van der Waals surface area contributed by atoms with Crippen LogP contribution >= 0.6 is 0 Å². The zero-order valence-corrected chi connectivity index (χ0v) is 21.2. The van der Waals surface area contributed by atoms with E-state index in [1.807, 2.05) is 86.6 Å². The lowest BCUT2D eigenvalue weighted by Crippen LogP contribution is -2.37. The number of ether oxygens (including phenoxy) is 2. The summed E-state index contributed by atoms with van der Waals surface area (Å²) in [4.78, 5) is 27.0. The van der Waals surface area contributed by atoms with E-state index < -0.39 is 11.8 Å². The Bertz CT molecular complexity index is 1810. The van der Waals surface area contributed by atoms with Crippen molar-refractivity contribution in [3.63, 3.8) is 0 Å². The molecule has 0 amide bonds. The first-order valence-electron chi connectivity index (χ1n) is 12.3. The summed E-state index contributed by atoms with van der Waals surface area (Å²) < 4.78 is 17.5. The summed E-state index contributed by atoms with van der Waals surface area (Å²) in [5, 5.41) is 0.480. The molecule has 3 aromatic carbocycles. The second-order valence-corrected chi connectivity index (χ2v) is 9.25. The number of nitrogens with zero attached hydrogens (tertiary/aromatic N) is 3. The Hall–Kier alpha value is -4.52. The third kappa shape index (κ3) is 3.27. The first-order valence-corrected chi connectivity index (χ1v) is 12.3. The van der Waals surface area contributed by atoms with E-state index in [1.165, 1.54) is 11.6 Å². The number of fused-ring (bicyclic) bond motifs is 5. The number of aryl methyl sites for hydroxylation is 2. The number of hydrogen-bond donors (Lipinski definition) is 0. The van der Waals surface area contributed by atoms with Gasteiger partial charge in [-0.1, -0.05) is 54.6 Å². The maximum atomic E-state index is 13.8. The highest BCUT2D eigenvalue weighted by atomic mass is 16.5. The molecular formula is C30H27N3O4. The molecular weight excluding hydrogens is 466 g/mol. The van der Waals surface area contributed by atoms with Gasteiger partial charge in [0.05, 0.1) is 34.6 Å². The van der Waals surface area contributed by atoms with Crippen molar-refractivity contribution in [1.29, 1.82) is 0 Å². The summed E-state index contributed by atoms with van der Waals surface area (Å²) in [6.45, 7) is 4.46. The van der Waals surface area contributed by atoms with Gasteiger partial charge in [-0.15, -0.1) is 0 Å². The third-order valence-electron chi connectivity index (χ3n) is 7.11. The van der Waals surface area contributed by atoms with Crippen LogP contribution in [-0.2, 0) is 14.1 Å². The van der Waals surface area contributed by atoms with E-state index in [4.69, 9.17) is 9.47 Å². The van der Waals surface area contributed by atoms with Crippen LogP contribution < -0.4 is 20.7 Å². The van der Waals surface area contributed by atoms with Crippen molar-refractivity contribution in [2.75, 3.05) is 6.61 Å². The van der Waals surface area contributed by atoms with E-state index in [0.29, 0.717) is 29.0 Å². The normalized spacial score (nSPS) is 14.2. The van der Waals surface area contributed by atoms with Crippen LogP contribution in [0, 0.1) is 6.92 Å². The minimum Gasteiger partial charge on any atom is -0.493 e. The molecule has 37 heavy (non-hydrogen) atoms. The molecule has 0 saturated carbocycles. The Morgan fingerprint density at radius 1 is 0.892 bits per heavy atom. The molecule has 7 nitrogen and oxygen atoms in total. The Morgan fingerprint density at radius 3 is 2.38 bits per heavy atom. The molecule has 0 radical (unpaired) electrons. The molecule has 0 saturated heterocycles. The van der Waals surface area contributed by atoms with E-state index in [1.54, 1.807) is 11.6 Å². The Balaban J connectivity index is 1.86. The standard InChI is InChI=1S/C30H27N3O4/c1-5-36-22-16-10-8-14-20(22)28-27-26-24(29(34)32(4)30(35)31(26)3)25(19-13-7-6-12-18(19)2)33(27)21-15-9-11-17-23(21)37-28/h6-17,28H,5H2,1-4H3/t28-/m1/s1. The average Bonchev–Trinajstić information content (AvgIpc) is 3.27. The van der Waals surface area contributed by atoms with Gasteiger partial charge in [0.15, 0.2) is 6.10 Å². The highest BCUT2D eigenvalue weighted by Crippen LogP contribution is 2.48. The SMILES string of the molecule is CCOc1ccccc1[C@H]1Oc2ccccc2-n2c(-c3ccccc3C)c3c(=O)n(C)c(=O)n(C)c3c21. The molecule has 0 N–H and O–H groups in total. The highest BCUT2D eigenvalue weighted by Gasteiger charge is 2.37. The van der Waals surface area contributed by atoms with Gasteiger partial charge in [0, 0.05) is 25.2 Å². The minimum absolute atomic E-state index is 0.340. The van der Waals surface area contributed by atoms with Crippen molar-refractivity contribution >= 4 is 10.9 Å². The van der Waals surface area contributed by atoms with Crippen LogP contribution in [-0.4, -0.2) is 20.3 Å². The van der Waals surface area contributed by atoms with Gasteiger partial charge in [0.1, 0.15) is 11.5 Å². The summed E-state index contributed by atoms with van der Waals surface area (Å²) in [5.41, 5.74) is 4.86. The number of aromatic nitrogens is 3. The van der Waals surface area contributed by atoms with Crippen LogP contribution in [0.15, 0.2) is 82.4 Å². The van der Waals surface area contributed by atoms with Gasteiger partial charge >= 0.3 is 5.69 Å². The van der Waals surface area contributed by atoms with Crippen LogP contribution in [0.4, 0.5) is 0 Å². The quantitative estimate of drug-likeness (QED) is 0.358. The summed E-state index contributed by atoms with van der Waals surface area (Å²) in [5.74, 6) is 1.38. The monoisotopic (exact) mass is 493 g/mol. The first kappa shape index (κ1) is 22.9. The van der Waals surface area contributed by atoms with Crippen LogP contribution in [0.3, 0.4) is 0 Å². The summed E-state index contributed by atoms with van der Waals surface area (Å²) in [6.07, 6.45) is -0.615. The zero-order valence-electron chi connectivity index (χ0n) is 21.2. The number of benzene rings is 3. The molecule has 7 heteroatoms. The maximum Gasteiger partial charge on any atom is 0.331 e. The molecule has 0 fully saturated rings. The van der Waals surface area contributed by atoms with E-state index in [0.717, 1.165) is 33.8 Å². The van der Waals surface area contributed by atoms with Gasteiger partial charge < -0.3 is 14.0 Å². The summed E-state index contributed by atoms with van der Waals surface area (Å²) >= 11 is 0. The molecule has 5 aromatic rings. The Labute approximate surface area is 213 Å². The van der Waals surface area contributed by atoms with E-state index in [2.05, 4.69) is 4.57 Å². The lowest BCUT2D eigenvalue weighted by atomic mass is 10.0. The van der Waals surface area contributed by atoms with Crippen LogP contribution in [0.5, 0.6) is 11.5 Å². The van der Waals surface area contributed by atoms with Crippen molar-refractivity contribution < 1.29 is 9.47 Å². The molecule has 3 heterocycles. The maximum absolute atomic E-state index is 13.8. The zero-order chi connectivity index (χ0) is 25.8. The van der Waals surface area contributed by atoms with Crippen molar-refractivity contribution in [1.82, 2.24) is 13.7 Å². The first-order chi connectivity index (χ1) is 17.9. The molecule has 1 aliphatic heterocycles. The topological polar surface area (TPSA) is 67.4 Å². The van der Waals surface area contributed by atoms with E-state index in [-0.39, 0.29) is 5.56 Å². The smallest absolute Gasteiger partial charge is 0.331 e. The fraction of sp³-hybridized carbons (Fsp3) is 0.200. The molecule has 186 valence electrons. The lowest BCUT2D eigenvalue weighted by Gasteiger charge is -2.31. The van der Waals surface area contributed by atoms with E-state index >= 15 is 0 Å². The van der Waals surface area contributed by atoms with Gasteiger partial charge in [-0.2, -0.15) is 0 Å². The Morgan fingerprint density at radius 2 is 1.59 bits per heavy atom. The summed E-state index contributed by atoms with van der Waals surface area (Å²) in [7, 11) is 3.23. The van der Waals surface area contributed by atoms with Gasteiger partial charge in [0.2, 0.25) is 0 Å². The largest absolute Gasteiger partial charge is 0.493 e. The van der Waals surface area contributed by atoms with Crippen molar-refractivity contribution in [3.8, 4) is 28.4 Å². The predicted molar refractivity (Wildman–Crippen MR) is 144 cm³/mol. The number of rotatable bonds is 4. The van der Waals surface area contributed by atoms with Gasteiger partial charge in [-0.3, -0.25) is 13.9 Å².